The number of rotatable bonds is 6. The molecule has 0 bridgehead atoms. The van der Waals surface area contributed by atoms with Crippen molar-refractivity contribution >= 4 is 44.4 Å². The minimum Gasteiger partial charge on any atom is -0.611 e. The lowest BCUT2D eigenvalue weighted by Gasteiger charge is -2.09. The van der Waals surface area contributed by atoms with Crippen molar-refractivity contribution < 1.29 is 9.29 Å². The largest absolute Gasteiger partial charge is 0.611 e. The van der Waals surface area contributed by atoms with Crippen LogP contribution >= 0.6 is 11.3 Å². The summed E-state index contributed by atoms with van der Waals surface area (Å²) >= 11 is 0.0868. The molecule has 4 aromatic rings. The SMILES string of the molecule is COCC[S@+]([O-])c1sc2nc(-c3cnc(N)nc3)cc(-c3ccccc3)c2c1N. The van der Waals surface area contributed by atoms with E-state index < -0.39 is 11.2 Å². The highest BCUT2D eigenvalue weighted by molar-refractivity contribution is 7.93. The molecule has 0 saturated heterocycles. The van der Waals surface area contributed by atoms with E-state index >= 15 is 0 Å². The van der Waals surface area contributed by atoms with Gasteiger partial charge < -0.3 is 20.8 Å². The maximum atomic E-state index is 12.7. The van der Waals surface area contributed by atoms with Crippen LogP contribution < -0.4 is 11.5 Å². The Kier molecular flexibility index (Phi) is 5.63. The Morgan fingerprint density at radius 1 is 1.10 bits per heavy atom. The van der Waals surface area contributed by atoms with E-state index in [1.165, 1.54) is 11.3 Å². The summed E-state index contributed by atoms with van der Waals surface area (Å²) in [5.41, 5.74) is 15.9. The lowest BCUT2D eigenvalue weighted by Crippen LogP contribution is -2.11. The maximum Gasteiger partial charge on any atom is 0.232 e. The zero-order valence-electron chi connectivity index (χ0n) is 15.7. The number of aromatic nitrogens is 3. The second-order valence-electron chi connectivity index (χ2n) is 6.28. The van der Waals surface area contributed by atoms with E-state index in [9.17, 15) is 4.55 Å². The molecule has 0 fully saturated rings. The van der Waals surface area contributed by atoms with Crippen LogP contribution in [0, 0.1) is 0 Å². The van der Waals surface area contributed by atoms with Crippen molar-refractivity contribution in [3.8, 4) is 22.4 Å². The lowest BCUT2D eigenvalue weighted by atomic mass is 10.0. The lowest BCUT2D eigenvalue weighted by molar-refractivity contribution is 0.217. The van der Waals surface area contributed by atoms with Gasteiger partial charge in [0.2, 0.25) is 10.2 Å². The predicted molar refractivity (Wildman–Crippen MR) is 118 cm³/mol. The molecule has 0 saturated carbocycles. The Morgan fingerprint density at radius 3 is 2.52 bits per heavy atom. The van der Waals surface area contributed by atoms with Crippen LogP contribution in [0.3, 0.4) is 0 Å². The Hall–Kier alpha value is -2.72. The van der Waals surface area contributed by atoms with Gasteiger partial charge in [0, 0.05) is 41.6 Å². The quantitative estimate of drug-likeness (QED) is 0.454. The summed E-state index contributed by atoms with van der Waals surface area (Å²) in [7, 11) is 1.58. The van der Waals surface area contributed by atoms with Gasteiger partial charge in [-0.15, -0.1) is 0 Å². The van der Waals surface area contributed by atoms with Crippen LogP contribution in [0.25, 0.3) is 32.6 Å². The Labute approximate surface area is 175 Å². The number of benzene rings is 1. The highest BCUT2D eigenvalue weighted by atomic mass is 32.2. The van der Waals surface area contributed by atoms with Crippen molar-refractivity contribution in [2.75, 3.05) is 30.9 Å². The molecule has 1 aromatic carbocycles. The van der Waals surface area contributed by atoms with Crippen molar-refractivity contribution in [3.63, 3.8) is 0 Å². The van der Waals surface area contributed by atoms with Gasteiger partial charge in [0.25, 0.3) is 0 Å². The van der Waals surface area contributed by atoms with Gasteiger partial charge in [0.05, 0.1) is 12.3 Å². The zero-order chi connectivity index (χ0) is 20.4. The Bertz CT molecular complexity index is 1130. The van der Waals surface area contributed by atoms with Crippen molar-refractivity contribution in [1.82, 2.24) is 15.0 Å². The van der Waals surface area contributed by atoms with E-state index in [0.29, 0.717) is 28.0 Å². The van der Waals surface area contributed by atoms with Crippen molar-refractivity contribution in [3.05, 3.63) is 48.8 Å². The number of hydrogen-bond acceptors (Lipinski definition) is 8. The van der Waals surface area contributed by atoms with Gasteiger partial charge in [-0.3, -0.25) is 0 Å². The van der Waals surface area contributed by atoms with Gasteiger partial charge in [-0.1, -0.05) is 41.7 Å². The van der Waals surface area contributed by atoms with E-state index in [-0.39, 0.29) is 5.95 Å². The second-order valence-corrected chi connectivity index (χ2v) is 9.04. The first-order chi connectivity index (χ1) is 14.1. The third-order valence-electron chi connectivity index (χ3n) is 4.40. The summed E-state index contributed by atoms with van der Waals surface area (Å²) in [6.07, 6.45) is 3.28. The number of ether oxygens (including phenoxy) is 1. The highest BCUT2D eigenvalue weighted by Gasteiger charge is 2.24. The molecule has 1 atom stereocenters. The van der Waals surface area contributed by atoms with Crippen LogP contribution in [0.5, 0.6) is 0 Å². The number of pyridine rings is 1. The number of hydrogen-bond donors (Lipinski definition) is 2. The molecule has 29 heavy (non-hydrogen) atoms. The summed E-state index contributed by atoms with van der Waals surface area (Å²) < 4.78 is 18.4. The molecular formula is C20H19N5O2S2. The molecule has 0 aliphatic heterocycles. The molecule has 0 amide bonds. The Balaban J connectivity index is 1.93. The minimum absolute atomic E-state index is 0.203. The second kappa shape index (κ2) is 8.34. The van der Waals surface area contributed by atoms with E-state index in [1.807, 2.05) is 36.4 Å². The molecule has 148 valence electrons. The topological polar surface area (TPSA) is 123 Å². The summed E-state index contributed by atoms with van der Waals surface area (Å²) in [5.74, 6) is 0.585. The fraction of sp³-hybridized carbons (Fsp3) is 0.150. The number of methoxy groups -OCH3 is 1. The van der Waals surface area contributed by atoms with Crippen molar-refractivity contribution in [1.29, 1.82) is 0 Å². The fourth-order valence-corrected chi connectivity index (χ4v) is 5.55. The number of nitrogens with zero attached hydrogens (tertiary/aromatic N) is 3. The third kappa shape index (κ3) is 3.90. The molecule has 4 rings (SSSR count). The van der Waals surface area contributed by atoms with Crippen molar-refractivity contribution in [2.24, 2.45) is 0 Å². The van der Waals surface area contributed by atoms with Gasteiger partial charge in [0.1, 0.15) is 16.3 Å². The first kappa shape index (κ1) is 19.6. The van der Waals surface area contributed by atoms with E-state index in [1.54, 1.807) is 19.5 Å². The summed E-state index contributed by atoms with van der Waals surface area (Å²) in [4.78, 5) is 13.6. The first-order valence-corrected chi connectivity index (χ1v) is 11.0. The van der Waals surface area contributed by atoms with E-state index in [0.717, 1.165) is 26.9 Å². The highest BCUT2D eigenvalue weighted by Crippen LogP contribution is 2.43. The molecule has 3 aromatic heterocycles. The monoisotopic (exact) mass is 425 g/mol. The molecule has 7 nitrogen and oxygen atoms in total. The fourth-order valence-electron chi connectivity index (χ4n) is 2.99. The predicted octanol–water partition coefficient (Wildman–Crippen LogP) is 3.34. The van der Waals surface area contributed by atoms with Crippen LogP contribution in [0.2, 0.25) is 0 Å². The summed E-state index contributed by atoms with van der Waals surface area (Å²) in [5, 5.41) is 0.807. The normalized spacial score (nSPS) is 12.3. The van der Waals surface area contributed by atoms with Crippen molar-refractivity contribution in [2.45, 2.75) is 4.21 Å². The van der Waals surface area contributed by atoms with Gasteiger partial charge >= 0.3 is 0 Å². The van der Waals surface area contributed by atoms with Crippen LogP contribution in [0.1, 0.15) is 0 Å². The molecule has 4 N–H and O–H groups in total. The number of fused-ring (bicyclic) bond motifs is 1. The van der Waals surface area contributed by atoms with Gasteiger partial charge in [-0.05, 0) is 17.2 Å². The zero-order valence-corrected chi connectivity index (χ0v) is 17.3. The molecule has 0 spiro atoms. The van der Waals surface area contributed by atoms with Gasteiger partial charge in [-0.2, -0.15) is 0 Å². The smallest absolute Gasteiger partial charge is 0.232 e. The molecule has 0 unspecified atom stereocenters. The number of nitrogen functional groups attached to an aromatic ring is 2. The number of thiophene rings is 1. The van der Waals surface area contributed by atoms with E-state index in [2.05, 4.69) is 9.97 Å². The van der Waals surface area contributed by atoms with Gasteiger partial charge in [-0.25, -0.2) is 15.0 Å². The summed E-state index contributed by atoms with van der Waals surface area (Å²) in [6.45, 7) is 0.396. The Morgan fingerprint density at radius 2 is 1.83 bits per heavy atom. The standard InChI is InChI=1S/C20H19N5O2S2/c1-27-7-8-29(26)19-17(21)16-14(12-5-3-2-4-6-12)9-15(25-18(16)28-19)13-10-23-20(22)24-11-13/h2-6,9-11H,7-8,21H2,1H3,(H2,22,23,24)/t29-/m0/s1. The van der Waals surface area contributed by atoms with E-state index in [4.69, 9.17) is 21.2 Å². The maximum absolute atomic E-state index is 12.7. The van der Waals surface area contributed by atoms with Crippen LogP contribution in [-0.4, -0.2) is 39.0 Å². The van der Waals surface area contributed by atoms with Gasteiger partial charge in [0.15, 0.2) is 0 Å². The minimum atomic E-state index is -1.26. The van der Waals surface area contributed by atoms with Crippen LogP contribution in [0.4, 0.5) is 11.6 Å². The molecule has 0 aliphatic carbocycles. The first-order valence-electron chi connectivity index (χ1n) is 8.82. The molecule has 9 heteroatoms. The number of anilines is 2. The number of nitrogens with two attached hydrogens (primary N) is 2. The average Bonchev–Trinajstić information content (AvgIpc) is 3.09. The molecule has 0 radical (unpaired) electrons. The average molecular weight is 426 g/mol. The molecule has 0 aliphatic rings. The third-order valence-corrected chi connectivity index (χ3v) is 7.27. The summed E-state index contributed by atoms with van der Waals surface area (Å²) in [6, 6.07) is 11.9. The van der Waals surface area contributed by atoms with Crippen LogP contribution in [-0.2, 0) is 15.9 Å². The molecular weight excluding hydrogens is 406 g/mol. The molecule has 3 heterocycles. The van der Waals surface area contributed by atoms with Crippen LogP contribution in [0.15, 0.2) is 53.0 Å².